The van der Waals surface area contributed by atoms with Crippen LogP contribution < -0.4 is 5.32 Å². The molecule has 134 valence electrons. The second kappa shape index (κ2) is 7.20. The maximum absolute atomic E-state index is 12.9. The number of aliphatic hydroxyl groups excluding tert-OH is 1. The van der Waals surface area contributed by atoms with Crippen LogP contribution in [0.15, 0.2) is 0 Å². The number of aliphatic hydroxyl groups is 1. The lowest BCUT2D eigenvalue weighted by molar-refractivity contribution is -0.142. The fourth-order valence-corrected chi connectivity index (χ4v) is 2.97. The zero-order valence-corrected chi connectivity index (χ0v) is 15.8. The van der Waals surface area contributed by atoms with E-state index in [0.29, 0.717) is 6.54 Å². The summed E-state index contributed by atoms with van der Waals surface area (Å²) in [4.78, 5) is 27.0. The van der Waals surface area contributed by atoms with E-state index >= 15 is 0 Å². The largest absolute Gasteiger partial charge is 0.391 e. The molecule has 1 saturated heterocycles. The second-order valence-corrected chi connectivity index (χ2v) is 9.03. The first kappa shape index (κ1) is 19.9. The molecule has 1 aliphatic rings. The summed E-state index contributed by atoms with van der Waals surface area (Å²) in [5.74, 6) is -0.382. The average Bonchev–Trinajstić information content (AvgIpc) is 2.78. The third-order valence-corrected chi connectivity index (χ3v) is 4.22. The molecule has 1 heterocycles. The lowest BCUT2D eigenvalue weighted by atomic mass is 9.87. The molecule has 0 spiro atoms. The minimum absolute atomic E-state index is 0.141. The highest BCUT2D eigenvalue weighted by Crippen LogP contribution is 2.30. The smallest absolute Gasteiger partial charge is 0.248 e. The van der Waals surface area contributed by atoms with Gasteiger partial charge in [0.15, 0.2) is 0 Å². The minimum Gasteiger partial charge on any atom is -0.391 e. The summed E-state index contributed by atoms with van der Waals surface area (Å²) >= 11 is 0. The Labute approximate surface area is 140 Å². The Morgan fingerprint density at radius 2 is 1.78 bits per heavy atom. The van der Waals surface area contributed by atoms with E-state index in [4.69, 9.17) is 0 Å². The summed E-state index contributed by atoms with van der Waals surface area (Å²) in [7, 11) is 0. The van der Waals surface area contributed by atoms with Gasteiger partial charge < -0.3 is 15.3 Å². The summed E-state index contributed by atoms with van der Waals surface area (Å²) in [6, 6.07) is -0.683. The van der Waals surface area contributed by atoms with Crippen molar-refractivity contribution in [2.24, 2.45) is 10.8 Å². The van der Waals surface area contributed by atoms with Gasteiger partial charge in [0.05, 0.1) is 6.10 Å². The van der Waals surface area contributed by atoms with Crippen molar-refractivity contribution < 1.29 is 14.7 Å². The van der Waals surface area contributed by atoms with Crippen LogP contribution in [0, 0.1) is 10.8 Å². The predicted octanol–water partition coefficient (Wildman–Crippen LogP) is 2.33. The monoisotopic (exact) mass is 326 g/mol. The fourth-order valence-electron chi connectivity index (χ4n) is 2.97. The molecular weight excluding hydrogens is 292 g/mol. The van der Waals surface area contributed by atoms with Crippen LogP contribution >= 0.6 is 0 Å². The van der Waals surface area contributed by atoms with Crippen molar-refractivity contribution in [3.8, 4) is 0 Å². The summed E-state index contributed by atoms with van der Waals surface area (Å²) in [6.07, 6.45) is 1.98. The second-order valence-electron chi connectivity index (χ2n) is 9.03. The summed E-state index contributed by atoms with van der Waals surface area (Å²) in [5, 5.41) is 12.8. The Kier molecular flexibility index (Phi) is 6.25. The molecule has 1 rings (SSSR count). The molecule has 0 aromatic rings. The zero-order chi connectivity index (χ0) is 18.0. The van der Waals surface area contributed by atoms with Crippen LogP contribution in [0.3, 0.4) is 0 Å². The summed E-state index contributed by atoms with van der Waals surface area (Å²) in [5.41, 5.74) is -0.453. The number of rotatable bonds is 4. The molecule has 1 aliphatic heterocycles. The SMILES string of the molecule is CC(O)C(NC(=O)C(C)(C)C)C(=O)N1CCCC1CC(C)(C)C. The molecule has 0 radical (unpaired) electrons. The number of hydrogen-bond acceptors (Lipinski definition) is 3. The average molecular weight is 326 g/mol. The van der Waals surface area contributed by atoms with Gasteiger partial charge in [-0.3, -0.25) is 9.59 Å². The third kappa shape index (κ3) is 5.79. The molecule has 1 fully saturated rings. The summed E-state index contributed by atoms with van der Waals surface area (Å²) < 4.78 is 0. The Balaban J connectivity index is 2.86. The van der Waals surface area contributed by atoms with Gasteiger partial charge >= 0.3 is 0 Å². The van der Waals surface area contributed by atoms with E-state index in [9.17, 15) is 14.7 Å². The molecule has 0 aliphatic carbocycles. The minimum atomic E-state index is -0.912. The fraction of sp³-hybridized carbons (Fsp3) is 0.889. The molecule has 0 bridgehead atoms. The van der Waals surface area contributed by atoms with Gasteiger partial charge in [-0.05, 0) is 31.6 Å². The van der Waals surface area contributed by atoms with Crippen molar-refractivity contribution in [2.75, 3.05) is 6.54 Å². The van der Waals surface area contributed by atoms with Crippen LogP contribution in [-0.2, 0) is 9.59 Å². The topological polar surface area (TPSA) is 69.6 Å². The first-order valence-electron chi connectivity index (χ1n) is 8.62. The van der Waals surface area contributed by atoms with Gasteiger partial charge in [0.1, 0.15) is 6.04 Å². The summed E-state index contributed by atoms with van der Waals surface area (Å²) in [6.45, 7) is 14.2. The Bertz CT molecular complexity index is 433. The Morgan fingerprint density at radius 1 is 1.22 bits per heavy atom. The van der Waals surface area contributed by atoms with E-state index in [0.717, 1.165) is 19.3 Å². The number of nitrogens with one attached hydrogen (secondary N) is 1. The molecule has 0 saturated carbocycles. The Morgan fingerprint density at radius 3 is 2.22 bits per heavy atom. The molecule has 23 heavy (non-hydrogen) atoms. The molecule has 2 N–H and O–H groups in total. The lowest BCUT2D eigenvalue weighted by Gasteiger charge is -2.34. The van der Waals surface area contributed by atoms with Crippen molar-refractivity contribution in [2.45, 2.75) is 85.9 Å². The highest BCUT2D eigenvalue weighted by molar-refractivity contribution is 5.90. The van der Waals surface area contributed by atoms with E-state index in [1.165, 1.54) is 0 Å². The molecule has 0 aromatic carbocycles. The Hall–Kier alpha value is -1.10. The van der Waals surface area contributed by atoms with E-state index in [-0.39, 0.29) is 23.3 Å². The number of carbonyl (C=O) groups excluding carboxylic acids is 2. The quantitative estimate of drug-likeness (QED) is 0.833. The van der Waals surface area contributed by atoms with Gasteiger partial charge in [-0.25, -0.2) is 0 Å². The normalized spacial score (nSPS) is 21.9. The lowest BCUT2D eigenvalue weighted by Crippen LogP contribution is -2.56. The number of carbonyl (C=O) groups is 2. The molecule has 0 aromatic heterocycles. The van der Waals surface area contributed by atoms with Crippen molar-refractivity contribution in [3.05, 3.63) is 0 Å². The highest BCUT2D eigenvalue weighted by atomic mass is 16.3. The van der Waals surface area contributed by atoms with Gasteiger partial charge in [-0.2, -0.15) is 0 Å². The molecule has 2 amide bonds. The van der Waals surface area contributed by atoms with Crippen LogP contribution in [0.1, 0.15) is 67.7 Å². The molecule has 5 heteroatoms. The van der Waals surface area contributed by atoms with Gasteiger partial charge in [0.25, 0.3) is 0 Å². The number of likely N-dealkylation sites (tertiary alicyclic amines) is 1. The number of nitrogens with zero attached hydrogens (tertiary/aromatic N) is 1. The van der Waals surface area contributed by atoms with E-state index in [2.05, 4.69) is 26.1 Å². The van der Waals surface area contributed by atoms with Crippen molar-refractivity contribution in [1.29, 1.82) is 0 Å². The van der Waals surface area contributed by atoms with Crippen LogP contribution in [0.2, 0.25) is 0 Å². The zero-order valence-electron chi connectivity index (χ0n) is 15.8. The molecule has 3 unspecified atom stereocenters. The maximum atomic E-state index is 12.9. The van der Waals surface area contributed by atoms with Gasteiger partial charge in [0.2, 0.25) is 11.8 Å². The van der Waals surface area contributed by atoms with Gasteiger partial charge in [-0.1, -0.05) is 41.5 Å². The van der Waals surface area contributed by atoms with E-state index < -0.39 is 17.6 Å². The van der Waals surface area contributed by atoms with E-state index in [1.54, 1.807) is 27.7 Å². The van der Waals surface area contributed by atoms with Crippen LogP contribution in [0.4, 0.5) is 0 Å². The van der Waals surface area contributed by atoms with Crippen LogP contribution in [-0.4, -0.2) is 46.6 Å². The van der Waals surface area contributed by atoms with Gasteiger partial charge in [0, 0.05) is 18.0 Å². The molecular formula is C18H34N2O3. The van der Waals surface area contributed by atoms with E-state index in [1.807, 2.05) is 4.90 Å². The maximum Gasteiger partial charge on any atom is 0.248 e. The standard InChI is InChI=1S/C18H34N2O3/c1-12(21)14(19-16(23)18(5,6)7)15(22)20-10-8-9-13(20)11-17(2,3)4/h12-14,21H,8-11H2,1-7H3,(H,19,23). The first-order valence-corrected chi connectivity index (χ1v) is 8.62. The first-order chi connectivity index (χ1) is 10.3. The molecule has 3 atom stereocenters. The van der Waals surface area contributed by atoms with Crippen LogP contribution in [0.5, 0.6) is 0 Å². The van der Waals surface area contributed by atoms with Gasteiger partial charge in [-0.15, -0.1) is 0 Å². The number of hydrogen-bond donors (Lipinski definition) is 2. The predicted molar refractivity (Wildman–Crippen MR) is 91.9 cm³/mol. The van der Waals surface area contributed by atoms with Crippen molar-refractivity contribution >= 4 is 11.8 Å². The van der Waals surface area contributed by atoms with Crippen LogP contribution in [0.25, 0.3) is 0 Å². The number of amides is 2. The molecule has 5 nitrogen and oxygen atoms in total. The van der Waals surface area contributed by atoms with Crippen molar-refractivity contribution in [1.82, 2.24) is 10.2 Å². The third-order valence-electron chi connectivity index (χ3n) is 4.22. The van der Waals surface area contributed by atoms with Crippen molar-refractivity contribution in [3.63, 3.8) is 0 Å². The highest BCUT2D eigenvalue weighted by Gasteiger charge is 2.38.